The fourth-order valence-corrected chi connectivity index (χ4v) is 1.92. The summed E-state index contributed by atoms with van der Waals surface area (Å²) in [4.78, 5) is 21.3. The van der Waals surface area contributed by atoms with E-state index in [1.165, 1.54) is 0 Å². The fraction of sp³-hybridized carbons (Fsp3) is 0.0769. The summed E-state index contributed by atoms with van der Waals surface area (Å²) in [5, 5.41) is 0.119. The van der Waals surface area contributed by atoms with Gasteiger partial charge in [-0.15, -0.1) is 0 Å². The molecule has 0 atom stereocenters. The summed E-state index contributed by atoms with van der Waals surface area (Å²) < 4.78 is 38.0. The molecule has 0 unspecified atom stereocenters. The number of rotatable bonds is 1. The predicted molar refractivity (Wildman–Crippen MR) is 67.2 cm³/mol. The van der Waals surface area contributed by atoms with Gasteiger partial charge in [0, 0.05) is 6.20 Å². The lowest BCUT2D eigenvalue weighted by Gasteiger charge is -2.07. The van der Waals surface area contributed by atoms with Crippen molar-refractivity contribution in [2.24, 2.45) is 0 Å². The smallest absolute Gasteiger partial charge is 0.359 e. The van der Waals surface area contributed by atoms with Crippen molar-refractivity contribution in [3.63, 3.8) is 0 Å². The first-order valence-corrected chi connectivity index (χ1v) is 5.70. The van der Waals surface area contributed by atoms with Crippen LogP contribution in [-0.4, -0.2) is 15.0 Å². The minimum atomic E-state index is -4.47. The van der Waals surface area contributed by atoms with Crippen molar-refractivity contribution >= 4 is 10.9 Å². The van der Waals surface area contributed by atoms with Crippen LogP contribution < -0.4 is 5.56 Å². The number of hydrogen-bond acceptors (Lipinski definition) is 2. The third kappa shape index (κ3) is 2.07. The number of H-pyrrole nitrogens is 2. The third-order valence-corrected chi connectivity index (χ3v) is 2.89. The zero-order chi connectivity index (χ0) is 14.3. The van der Waals surface area contributed by atoms with Crippen LogP contribution in [0.5, 0.6) is 0 Å². The van der Waals surface area contributed by atoms with Gasteiger partial charge in [0.05, 0.1) is 22.2 Å². The van der Waals surface area contributed by atoms with Gasteiger partial charge in [-0.05, 0) is 30.3 Å². The second-order valence-corrected chi connectivity index (χ2v) is 4.23. The molecule has 0 saturated heterocycles. The molecule has 7 heteroatoms. The molecule has 0 saturated carbocycles. The van der Waals surface area contributed by atoms with Gasteiger partial charge in [-0.3, -0.25) is 4.79 Å². The zero-order valence-corrected chi connectivity index (χ0v) is 9.95. The first-order valence-electron chi connectivity index (χ1n) is 5.70. The molecule has 1 aromatic carbocycles. The normalized spacial score (nSPS) is 11.9. The maximum absolute atomic E-state index is 12.7. The lowest BCUT2D eigenvalue weighted by Crippen LogP contribution is -2.11. The molecule has 20 heavy (non-hydrogen) atoms. The Balaban J connectivity index is 2.26. The first-order chi connectivity index (χ1) is 9.45. The number of aromatic amines is 2. The Morgan fingerprint density at radius 2 is 1.95 bits per heavy atom. The Bertz CT molecular complexity index is 819. The van der Waals surface area contributed by atoms with Crippen molar-refractivity contribution in [2.45, 2.75) is 6.18 Å². The van der Waals surface area contributed by atoms with Gasteiger partial charge >= 0.3 is 6.18 Å². The van der Waals surface area contributed by atoms with E-state index in [2.05, 4.69) is 15.0 Å². The summed E-state index contributed by atoms with van der Waals surface area (Å²) in [6.07, 6.45) is -2.84. The van der Waals surface area contributed by atoms with E-state index < -0.39 is 17.3 Å². The Labute approximate surface area is 110 Å². The largest absolute Gasteiger partial charge is 0.416 e. The Kier molecular flexibility index (Phi) is 2.63. The molecule has 0 aliphatic rings. The molecule has 4 nitrogen and oxygen atoms in total. The molecular weight excluding hydrogens is 271 g/mol. The lowest BCUT2D eigenvalue weighted by atomic mass is 10.1. The van der Waals surface area contributed by atoms with Gasteiger partial charge in [0.25, 0.3) is 5.56 Å². The van der Waals surface area contributed by atoms with Gasteiger partial charge < -0.3 is 9.97 Å². The van der Waals surface area contributed by atoms with Crippen molar-refractivity contribution in [1.29, 1.82) is 0 Å². The van der Waals surface area contributed by atoms with Crippen molar-refractivity contribution in [3.8, 4) is 11.5 Å². The van der Waals surface area contributed by atoms with Gasteiger partial charge in [0.2, 0.25) is 0 Å². The summed E-state index contributed by atoms with van der Waals surface area (Å²) in [6.45, 7) is 0. The summed E-state index contributed by atoms with van der Waals surface area (Å²) in [6, 6.07) is 6.23. The maximum atomic E-state index is 12.7. The van der Waals surface area contributed by atoms with Crippen LogP contribution in [0, 0.1) is 0 Å². The average Bonchev–Trinajstić information content (AvgIpc) is 2.90. The molecule has 0 spiro atoms. The maximum Gasteiger partial charge on any atom is 0.416 e. The fourth-order valence-electron chi connectivity index (χ4n) is 1.92. The number of halogens is 3. The summed E-state index contributed by atoms with van der Waals surface area (Å²) in [7, 11) is 0. The number of nitrogens with one attached hydrogen (secondary N) is 2. The molecule has 2 aromatic heterocycles. The van der Waals surface area contributed by atoms with E-state index in [1.807, 2.05) is 0 Å². The highest BCUT2D eigenvalue weighted by Crippen LogP contribution is 2.30. The average molecular weight is 279 g/mol. The number of nitrogens with zero attached hydrogens (tertiary/aromatic N) is 1. The molecule has 3 aromatic rings. The minimum absolute atomic E-state index is 0.00757. The monoisotopic (exact) mass is 279 g/mol. The third-order valence-electron chi connectivity index (χ3n) is 2.89. The summed E-state index contributed by atoms with van der Waals surface area (Å²) >= 11 is 0. The van der Waals surface area contributed by atoms with Gasteiger partial charge in [-0.2, -0.15) is 13.2 Å². The van der Waals surface area contributed by atoms with Crippen LogP contribution in [0.4, 0.5) is 13.2 Å². The number of fused-ring (bicyclic) bond motifs is 1. The molecule has 0 radical (unpaired) electrons. The van der Waals surface area contributed by atoms with Crippen molar-refractivity contribution in [1.82, 2.24) is 15.0 Å². The van der Waals surface area contributed by atoms with E-state index in [1.54, 1.807) is 18.3 Å². The number of hydrogen-bond donors (Lipinski definition) is 2. The van der Waals surface area contributed by atoms with E-state index >= 15 is 0 Å². The topological polar surface area (TPSA) is 61.5 Å². The van der Waals surface area contributed by atoms with Gasteiger partial charge in [0.15, 0.2) is 5.82 Å². The van der Waals surface area contributed by atoms with E-state index in [0.717, 1.165) is 18.2 Å². The van der Waals surface area contributed by atoms with Crippen LogP contribution in [-0.2, 0) is 6.18 Å². The number of alkyl halides is 3. The van der Waals surface area contributed by atoms with Crippen LogP contribution in [0.3, 0.4) is 0 Å². The Morgan fingerprint density at radius 3 is 2.60 bits per heavy atom. The van der Waals surface area contributed by atoms with E-state index in [9.17, 15) is 18.0 Å². The number of aromatic nitrogens is 3. The molecule has 0 aliphatic heterocycles. The number of benzene rings is 1. The van der Waals surface area contributed by atoms with Crippen LogP contribution in [0.15, 0.2) is 41.3 Å². The molecule has 2 N–H and O–H groups in total. The molecule has 102 valence electrons. The predicted octanol–water partition coefficient (Wildman–Crippen LogP) is 2.94. The molecular formula is C13H8F3N3O. The van der Waals surface area contributed by atoms with Gasteiger partial charge in [-0.1, -0.05) is 0 Å². The standard InChI is InChI=1S/C13H8F3N3O/c14-13(15,16)7-3-4-8-10(6-7)18-11(19-12(8)20)9-2-1-5-17-9/h1-6,17H,(H,18,19,20). The van der Waals surface area contributed by atoms with Crippen molar-refractivity contribution < 1.29 is 13.2 Å². The molecule has 0 aliphatic carbocycles. The lowest BCUT2D eigenvalue weighted by molar-refractivity contribution is -0.137. The molecule has 0 bridgehead atoms. The van der Waals surface area contributed by atoms with E-state index in [4.69, 9.17) is 0 Å². The van der Waals surface area contributed by atoms with Gasteiger partial charge in [0.1, 0.15) is 0 Å². The molecule has 0 amide bonds. The zero-order valence-electron chi connectivity index (χ0n) is 9.95. The first kappa shape index (κ1) is 12.5. The van der Waals surface area contributed by atoms with Crippen LogP contribution in [0.1, 0.15) is 5.56 Å². The Hall–Kier alpha value is -2.57. The van der Waals surface area contributed by atoms with Gasteiger partial charge in [-0.25, -0.2) is 4.98 Å². The quantitative estimate of drug-likeness (QED) is 0.719. The van der Waals surface area contributed by atoms with Crippen LogP contribution in [0.25, 0.3) is 22.4 Å². The summed E-state index contributed by atoms with van der Waals surface area (Å²) in [5.74, 6) is 0.201. The van der Waals surface area contributed by atoms with E-state index in [0.29, 0.717) is 5.69 Å². The van der Waals surface area contributed by atoms with Crippen LogP contribution in [0.2, 0.25) is 0 Å². The second kappa shape index (κ2) is 4.22. The second-order valence-electron chi connectivity index (χ2n) is 4.23. The van der Waals surface area contributed by atoms with E-state index in [-0.39, 0.29) is 16.7 Å². The molecule has 0 fully saturated rings. The van der Waals surface area contributed by atoms with Crippen molar-refractivity contribution in [2.75, 3.05) is 0 Å². The molecule has 2 heterocycles. The molecule has 3 rings (SSSR count). The van der Waals surface area contributed by atoms with Crippen LogP contribution >= 0.6 is 0 Å². The Morgan fingerprint density at radius 1 is 1.15 bits per heavy atom. The highest BCUT2D eigenvalue weighted by Gasteiger charge is 2.30. The SMILES string of the molecule is O=c1[nH]c(-c2ccc[nH]2)nc2cc(C(F)(F)F)ccc12. The highest BCUT2D eigenvalue weighted by molar-refractivity contribution is 5.80. The highest BCUT2D eigenvalue weighted by atomic mass is 19.4. The minimum Gasteiger partial charge on any atom is -0.359 e. The summed E-state index contributed by atoms with van der Waals surface area (Å²) in [5.41, 5.74) is -0.775. The van der Waals surface area contributed by atoms with Crippen molar-refractivity contribution in [3.05, 3.63) is 52.4 Å².